The highest BCUT2D eigenvalue weighted by molar-refractivity contribution is 7.98. The second-order valence-corrected chi connectivity index (χ2v) is 2.99. The molecule has 0 aromatic carbocycles. The van der Waals surface area contributed by atoms with E-state index in [4.69, 9.17) is 16.9 Å². The lowest BCUT2D eigenvalue weighted by molar-refractivity contribution is -0.138. The molecule has 0 bridgehead atoms. The molecule has 60 valence electrons. The summed E-state index contributed by atoms with van der Waals surface area (Å²) >= 11 is 6.76. The molecule has 2 N–H and O–H groups in total. The molecule has 10 heavy (non-hydrogen) atoms. The Labute approximate surface area is 69.2 Å². The molecule has 0 rings (SSSR count). The molecule has 0 aliphatic rings. The molecule has 5 heteroatoms. The summed E-state index contributed by atoms with van der Waals surface area (Å²) in [6.45, 7) is 0. The minimum Gasteiger partial charge on any atom is -0.480 e. The van der Waals surface area contributed by atoms with Gasteiger partial charge in [0.15, 0.2) is 0 Å². The van der Waals surface area contributed by atoms with Gasteiger partial charge >= 0.3 is 5.97 Å². The maximum absolute atomic E-state index is 10.3. The van der Waals surface area contributed by atoms with Crippen LogP contribution in [-0.2, 0) is 4.79 Å². The molecule has 0 amide bonds. The van der Waals surface area contributed by atoms with Crippen LogP contribution < -0.4 is 4.84 Å². The number of thioether (sulfide) groups is 1. The van der Waals surface area contributed by atoms with Crippen molar-refractivity contribution in [3.05, 3.63) is 0 Å². The largest absolute Gasteiger partial charge is 0.480 e. The zero-order chi connectivity index (χ0) is 7.98. The second kappa shape index (κ2) is 5.82. The number of hydrogen-bond donors (Lipinski definition) is 2. The fourth-order valence-corrected chi connectivity index (χ4v) is 1.13. The van der Waals surface area contributed by atoms with Gasteiger partial charge in [0.25, 0.3) is 0 Å². The predicted molar refractivity (Wildman–Crippen MR) is 43.4 cm³/mol. The highest BCUT2D eigenvalue weighted by atomic mass is 35.5. The summed E-state index contributed by atoms with van der Waals surface area (Å²) in [7, 11) is 0. The number of aliphatic carboxylic acids is 1. The standard InChI is InChI=1S/C5H10ClNO2S/c1-10-3-2-4(7-6)5(8)9/h4,7H,2-3H2,1H3,(H,8,9). The number of hydrogen-bond acceptors (Lipinski definition) is 3. The van der Waals surface area contributed by atoms with E-state index < -0.39 is 12.0 Å². The third-order valence-electron chi connectivity index (χ3n) is 1.04. The van der Waals surface area contributed by atoms with Gasteiger partial charge < -0.3 is 5.11 Å². The van der Waals surface area contributed by atoms with Crippen LogP contribution in [0.25, 0.3) is 0 Å². The van der Waals surface area contributed by atoms with Crippen molar-refractivity contribution in [2.75, 3.05) is 12.0 Å². The number of carboxylic acid groups (broad SMARTS) is 1. The normalized spacial score (nSPS) is 13.0. The third kappa shape index (κ3) is 3.98. The number of carboxylic acids is 1. The monoisotopic (exact) mass is 183 g/mol. The Balaban J connectivity index is 3.50. The van der Waals surface area contributed by atoms with Gasteiger partial charge in [0.2, 0.25) is 0 Å². The van der Waals surface area contributed by atoms with Gasteiger partial charge in [-0.25, -0.2) is 4.84 Å². The zero-order valence-electron chi connectivity index (χ0n) is 5.63. The Bertz CT molecular complexity index is 112. The molecule has 0 aromatic heterocycles. The number of nitrogens with one attached hydrogen (secondary N) is 1. The lowest BCUT2D eigenvalue weighted by Gasteiger charge is -2.06. The Hall–Kier alpha value is 0.0700. The van der Waals surface area contributed by atoms with Crippen LogP contribution >= 0.6 is 23.5 Å². The van der Waals surface area contributed by atoms with Crippen LogP contribution in [0.15, 0.2) is 0 Å². The number of rotatable bonds is 5. The fourth-order valence-electron chi connectivity index (χ4n) is 0.460. The van der Waals surface area contributed by atoms with Crippen molar-refractivity contribution in [2.45, 2.75) is 12.5 Å². The van der Waals surface area contributed by atoms with Gasteiger partial charge in [-0.2, -0.15) is 11.8 Å². The average Bonchev–Trinajstić information content (AvgIpc) is 1.89. The highest BCUT2D eigenvalue weighted by Gasteiger charge is 2.14. The first-order valence-electron chi connectivity index (χ1n) is 2.80. The lowest BCUT2D eigenvalue weighted by Crippen LogP contribution is -2.30. The van der Waals surface area contributed by atoms with Gasteiger partial charge in [0.05, 0.1) is 0 Å². The maximum Gasteiger partial charge on any atom is 0.321 e. The van der Waals surface area contributed by atoms with Crippen LogP contribution in [0, 0.1) is 0 Å². The molecular weight excluding hydrogens is 174 g/mol. The summed E-state index contributed by atoms with van der Waals surface area (Å²) in [4.78, 5) is 12.5. The van der Waals surface area contributed by atoms with Crippen LogP contribution in [0.4, 0.5) is 0 Å². The van der Waals surface area contributed by atoms with E-state index in [0.29, 0.717) is 6.42 Å². The van der Waals surface area contributed by atoms with E-state index in [1.54, 1.807) is 11.8 Å². The van der Waals surface area contributed by atoms with E-state index in [0.717, 1.165) is 5.75 Å². The maximum atomic E-state index is 10.3. The summed E-state index contributed by atoms with van der Waals surface area (Å²) < 4.78 is 0. The van der Waals surface area contributed by atoms with Crippen LogP contribution in [0.2, 0.25) is 0 Å². The summed E-state index contributed by atoms with van der Waals surface area (Å²) in [5.74, 6) is -0.0968. The predicted octanol–water partition coefficient (Wildman–Crippen LogP) is 0.936. The molecule has 0 aliphatic heterocycles. The Morgan fingerprint density at radius 1 is 1.90 bits per heavy atom. The molecule has 1 unspecified atom stereocenters. The van der Waals surface area contributed by atoms with Crippen molar-refractivity contribution in [3.63, 3.8) is 0 Å². The molecule has 0 saturated heterocycles. The molecule has 0 saturated carbocycles. The van der Waals surface area contributed by atoms with Crippen LogP contribution in [0.1, 0.15) is 6.42 Å². The van der Waals surface area contributed by atoms with E-state index in [9.17, 15) is 4.79 Å². The number of carbonyl (C=O) groups is 1. The minimum absolute atomic E-state index is 0.556. The van der Waals surface area contributed by atoms with Gasteiger partial charge in [-0.15, -0.1) is 0 Å². The summed E-state index contributed by atoms with van der Waals surface area (Å²) in [6.07, 6.45) is 2.48. The van der Waals surface area contributed by atoms with Crippen molar-refractivity contribution in [1.29, 1.82) is 0 Å². The zero-order valence-corrected chi connectivity index (χ0v) is 7.21. The van der Waals surface area contributed by atoms with Crippen LogP contribution in [-0.4, -0.2) is 29.1 Å². The minimum atomic E-state index is -0.899. The lowest BCUT2D eigenvalue weighted by atomic mass is 10.2. The third-order valence-corrected chi connectivity index (χ3v) is 1.95. The van der Waals surface area contributed by atoms with Crippen LogP contribution in [0.3, 0.4) is 0 Å². The first-order valence-corrected chi connectivity index (χ1v) is 4.57. The van der Waals surface area contributed by atoms with Crippen molar-refractivity contribution in [2.24, 2.45) is 0 Å². The molecule has 0 radical (unpaired) electrons. The van der Waals surface area contributed by atoms with Crippen molar-refractivity contribution in [1.82, 2.24) is 4.84 Å². The molecule has 1 atom stereocenters. The van der Waals surface area contributed by atoms with E-state index >= 15 is 0 Å². The van der Waals surface area contributed by atoms with Crippen molar-refractivity contribution < 1.29 is 9.90 Å². The van der Waals surface area contributed by atoms with Gasteiger partial charge in [0.1, 0.15) is 6.04 Å². The molecule has 0 spiro atoms. The van der Waals surface area contributed by atoms with Gasteiger partial charge in [0, 0.05) is 0 Å². The van der Waals surface area contributed by atoms with Gasteiger partial charge in [-0.1, -0.05) is 0 Å². The van der Waals surface area contributed by atoms with E-state index in [1.807, 2.05) is 6.26 Å². The van der Waals surface area contributed by atoms with Gasteiger partial charge in [-0.3, -0.25) is 4.79 Å². The SMILES string of the molecule is CSCCC(NCl)C(=O)O. The topological polar surface area (TPSA) is 49.3 Å². The fraction of sp³-hybridized carbons (Fsp3) is 0.800. The van der Waals surface area contributed by atoms with Gasteiger partial charge in [-0.05, 0) is 30.2 Å². The van der Waals surface area contributed by atoms with Crippen LogP contribution in [0.5, 0.6) is 0 Å². The van der Waals surface area contributed by atoms with Crippen molar-refractivity contribution in [3.8, 4) is 0 Å². The first kappa shape index (κ1) is 10.1. The molecular formula is C5H10ClNO2S. The second-order valence-electron chi connectivity index (χ2n) is 1.78. The van der Waals surface area contributed by atoms with Crippen molar-refractivity contribution >= 4 is 29.5 Å². The molecule has 0 fully saturated rings. The van der Waals surface area contributed by atoms with E-state index in [2.05, 4.69) is 4.84 Å². The van der Waals surface area contributed by atoms with E-state index in [-0.39, 0.29) is 0 Å². The first-order chi connectivity index (χ1) is 4.72. The summed E-state index contributed by atoms with van der Waals surface area (Å²) in [6, 6.07) is -0.617. The Kier molecular flexibility index (Phi) is 5.87. The quantitative estimate of drug-likeness (QED) is 0.623. The molecule has 0 heterocycles. The summed E-state index contributed by atoms with van der Waals surface area (Å²) in [5.41, 5.74) is 0. The Morgan fingerprint density at radius 3 is 2.80 bits per heavy atom. The molecule has 0 aliphatic carbocycles. The average molecular weight is 184 g/mol. The van der Waals surface area contributed by atoms with E-state index in [1.165, 1.54) is 0 Å². The summed E-state index contributed by atoms with van der Waals surface area (Å²) in [5, 5.41) is 8.44. The number of halogens is 1. The highest BCUT2D eigenvalue weighted by Crippen LogP contribution is 2.00. The smallest absolute Gasteiger partial charge is 0.321 e. The Morgan fingerprint density at radius 2 is 2.50 bits per heavy atom. The molecule has 3 nitrogen and oxygen atoms in total. The molecule has 0 aromatic rings.